The first kappa shape index (κ1) is 13.9. The second kappa shape index (κ2) is 4.61. The van der Waals surface area contributed by atoms with E-state index in [-0.39, 0.29) is 11.1 Å². The molecule has 1 aliphatic heterocycles. The number of urea groups is 1. The minimum Gasteiger partial charge on any atom is -0.352 e. The van der Waals surface area contributed by atoms with E-state index in [4.69, 9.17) is 4.79 Å². The predicted octanol–water partition coefficient (Wildman–Crippen LogP) is 0.520. The number of piperidine rings is 1. The Morgan fingerprint density at radius 1 is 1.13 bits per heavy atom. The first-order valence-corrected chi connectivity index (χ1v) is 4.90. The zero-order valence-corrected chi connectivity index (χ0v) is 9.89. The van der Waals surface area contributed by atoms with Crippen molar-refractivity contribution in [3.8, 4) is 0 Å². The smallest absolute Gasteiger partial charge is 0.309 e. The standard InChI is InChI=1S/C9H17NO.CH4N2O/c1-8(2)5-7(11)6-9(3,4)10-8;2-1(3)4/h10H,5-6H2,1-4H3;(H4,2,3,4). The van der Waals surface area contributed by atoms with Gasteiger partial charge in [0.15, 0.2) is 0 Å². The third-order valence-corrected chi connectivity index (χ3v) is 1.95. The molecule has 1 heterocycles. The maximum Gasteiger partial charge on any atom is 0.309 e. The van der Waals surface area contributed by atoms with Crippen LogP contribution in [0.25, 0.3) is 0 Å². The lowest BCUT2D eigenvalue weighted by Gasteiger charge is -2.41. The van der Waals surface area contributed by atoms with Crippen molar-refractivity contribution in [3.63, 3.8) is 0 Å². The molecule has 15 heavy (non-hydrogen) atoms. The maximum atomic E-state index is 11.3. The van der Waals surface area contributed by atoms with Gasteiger partial charge in [-0.3, -0.25) is 4.79 Å². The van der Waals surface area contributed by atoms with Crippen molar-refractivity contribution < 1.29 is 9.59 Å². The van der Waals surface area contributed by atoms with Crippen LogP contribution in [-0.2, 0) is 4.79 Å². The lowest BCUT2D eigenvalue weighted by Crippen LogP contribution is -2.58. The molecule has 0 aromatic carbocycles. The van der Waals surface area contributed by atoms with Crippen LogP contribution in [0.1, 0.15) is 40.5 Å². The van der Waals surface area contributed by atoms with Crippen LogP contribution in [-0.4, -0.2) is 22.9 Å². The number of nitrogens with one attached hydrogen (secondary N) is 1. The van der Waals surface area contributed by atoms with Gasteiger partial charge >= 0.3 is 6.03 Å². The average molecular weight is 215 g/mol. The van der Waals surface area contributed by atoms with E-state index in [1.807, 2.05) is 0 Å². The number of Topliss-reactive ketones (excluding diaryl/α,β-unsaturated/α-hetero) is 1. The fourth-order valence-corrected chi connectivity index (χ4v) is 2.05. The third kappa shape index (κ3) is 6.90. The maximum absolute atomic E-state index is 11.3. The molecule has 0 aliphatic carbocycles. The van der Waals surface area contributed by atoms with Crippen LogP contribution in [0.3, 0.4) is 0 Å². The van der Waals surface area contributed by atoms with Gasteiger partial charge in [-0.25, -0.2) is 4.79 Å². The molecule has 0 bridgehead atoms. The molecule has 88 valence electrons. The molecule has 0 saturated carbocycles. The fourth-order valence-electron chi connectivity index (χ4n) is 2.05. The summed E-state index contributed by atoms with van der Waals surface area (Å²) in [7, 11) is 0. The molecule has 0 aromatic rings. The molecule has 1 aliphatic rings. The van der Waals surface area contributed by atoms with Crippen molar-refractivity contribution in [1.82, 2.24) is 5.32 Å². The Morgan fingerprint density at radius 3 is 1.60 bits per heavy atom. The van der Waals surface area contributed by atoms with Crippen molar-refractivity contribution in [2.75, 3.05) is 0 Å². The van der Waals surface area contributed by atoms with Crippen LogP contribution in [0, 0.1) is 0 Å². The highest BCUT2D eigenvalue weighted by Gasteiger charge is 2.36. The Bertz CT molecular complexity index is 237. The highest BCUT2D eigenvalue weighted by Crippen LogP contribution is 2.25. The Balaban J connectivity index is 0.000000423. The van der Waals surface area contributed by atoms with Gasteiger partial charge in [-0.1, -0.05) is 0 Å². The second-order valence-corrected chi connectivity index (χ2v) is 5.19. The number of hydrogen-bond acceptors (Lipinski definition) is 3. The van der Waals surface area contributed by atoms with Gasteiger partial charge in [-0.15, -0.1) is 0 Å². The molecule has 1 fully saturated rings. The number of primary amides is 2. The quantitative estimate of drug-likeness (QED) is 0.549. The average Bonchev–Trinajstić information content (AvgIpc) is 1.73. The molecule has 0 aromatic heterocycles. The van der Waals surface area contributed by atoms with Crippen molar-refractivity contribution in [3.05, 3.63) is 0 Å². The Hall–Kier alpha value is -1.10. The lowest BCUT2D eigenvalue weighted by atomic mass is 9.82. The number of ketones is 1. The van der Waals surface area contributed by atoms with Crippen LogP contribution >= 0.6 is 0 Å². The summed E-state index contributed by atoms with van der Waals surface area (Å²) in [6, 6.07) is -0.833. The van der Waals surface area contributed by atoms with Crippen LogP contribution in [0.5, 0.6) is 0 Å². The van der Waals surface area contributed by atoms with E-state index < -0.39 is 6.03 Å². The SMILES string of the molecule is CC1(C)CC(=O)CC(C)(C)N1.NC(N)=O. The van der Waals surface area contributed by atoms with Gasteiger partial charge in [-0.05, 0) is 27.7 Å². The molecular formula is C10H21N3O2. The van der Waals surface area contributed by atoms with Gasteiger partial charge < -0.3 is 16.8 Å². The molecule has 1 saturated heterocycles. The summed E-state index contributed by atoms with van der Waals surface area (Å²) < 4.78 is 0. The summed E-state index contributed by atoms with van der Waals surface area (Å²) in [6.45, 7) is 8.30. The van der Waals surface area contributed by atoms with E-state index in [1.54, 1.807) is 0 Å². The summed E-state index contributed by atoms with van der Waals surface area (Å²) in [5, 5.41) is 3.44. The topological polar surface area (TPSA) is 98.2 Å². The zero-order chi connectivity index (χ0) is 12.3. The second-order valence-electron chi connectivity index (χ2n) is 5.19. The molecule has 2 amide bonds. The molecule has 5 N–H and O–H groups in total. The van der Waals surface area contributed by atoms with E-state index >= 15 is 0 Å². The highest BCUT2D eigenvalue weighted by molar-refractivity contribution is 5.81. The van der Waals surface area contributed by atoms with Crippen molar-refractivity contribution in [1.29, 1.82) is 0 Å². The van der Waals surface area contributed by atoms with E-state index in [2.05, 4.69) is 44.5 Å². The number of carbonyl (C=O) groups excluding carboxylic acids is 2. The van der Waals surface area contributed by atoms with E-state index in [1.165, 1.54) is 0 Å². The van der Waals surface area contributed by atoms with Crippen LogP contribution < -0.4 is 16.8 Å². The number of amides is 2. The molecule has 5 heteroatoms. The van der Waals surface area contributed by atoms with Gasteiger partial charge in [0, 0.05) is 23.9 Å². The lowest BCUT2D eigenvalue weighted by molar-refractivity contribution is -0.124. The number of rotatable bonds is 0. The fraction of sp³-hybridized carbons (Fsp3) is 0.800. The Kier molecular flexibility index (Phi) is 4.27. The van der Waals surface area contributed by atoms with E-state index in [0.29, 0.717) is 18.6 Å². The largest absolute Gasteiger partial charge is 0.352 e. The first-order valence-electron chi connectivity index (χ1n) is 4.90. The summed E-state index contributed by atoms with van der Waals surface area (Å²) in [4.78, 5) is 20.3. The highest BCUT2D eigenvalue weighted by atomic mass is 16.2. The zero-order valence-electron chi connectivity index (χ0n) is 9.89. The molecule has 1 rings (SSSR count). The van der Waals surface area contributed by atoms with Crippen molar-refractivity contribution >= 4 is 11.8 Å². The first-order chi connectivity index (χ1) is 6.54. The van der Waals surface area contributed by atoms with Crippen LogP contribution in [0.4, 0.5) is 4.79 Å². The van der Waals surface area contributed by atoms with E-state index in [9.17, 15) is 4.79 Å². The van der Waals surface area contributed by atoms with Crippen LogP contribution in [0.15, 0.2) is 0 Å². The summed E-state index contributed by atoms with van der Waals surface area (Å²) >= 11 is 0. The molecule has 0 unspecified atom stereocenters. The minimum atomic E-state index is -0.833. The van der Waals surface area contributed by atoms with E-state index in [0.717, 1.165) is 0 Å². The van der Waals surface area contributed by atoms with Gasteiger partial charge in [0.2, 0.25) is 0 Å². The third-order valence-electron chi connectivity index (χ3n) is 1.95. The van der Waals surface area contributed by atoms with Gasteiger partial charge in [-0.2, -0.15) is 0 Å². The number of hydrogen-bond donors (Lipinski definition) is 3. The Labute approximate surface area is 90.6 Å². The summed E-state index contributed by atoms with van der Waals surface area (Å²) in [5.41, 5.74) is 8.47. The molecule has 5 nitrogen and oxygen atoms in total. The molecular weight excluding hydrogens is 194 g/mol. The summed E-state index contributed by atoms with van der Waals surface area (Å²) in [5.74, 6) is 0.374. The van der Waals surface area contributed by atoms with Gasteiger partial charge in [0.1, 0.15) is 5.78 Å². The van der Waals surface area contributed by atoms with Crippen molar-refractivity contribution in [2.24, 2.45) is 11.5 Å². The van der Waals surface area contributed by atoms with Crippen LogP contribution in [0.2, 0.25) is 0 Å². The monoisotopic (exact) mass is 215 g/mol. The van der Waals surface area contributed by atoms with Gasteiger partial charge in [0.25, 0.3) is 0 Å². The number of nitrogens with two attached hydrogens (primary N) is 2. The normalized spacial score (nSPS) is 22.5. The molecule has 0 radical (unpaired) electrons. The predicted molar refractivity (Wildman–Crippen MR) is 59.3 cm³/mol. The summed E-state index contributed by atoms with van der Waals surface area (Å²) in [6.07, 6.45) is 1.33. The number of carbonyl (C=O) groups is 2. The Morgan fingerprint density at radius 2 is 1.40 bits per heavy atom. The van der Waals surface area contributed by atoms with Crippen molar-refractivity contribution in [2.45, 2.75) is 51.6 Å². The molecule has 0 spiro atoms. The minimum absolute atomic E-state index is 0.0150. The molecule has 0 atom stereocenters. The van der Waals surface area contributed by atoms with Gasteiger partial charge in [0.05, 0.1) is 0 Å².